The second-order valence-corrected chi connectivity index (χ2v) is 7.77. The Kier molecular flexibility index (Phi) is 4.32. The number of fused-ring (bicyclic) bond motifs is 1. The smallest absolute Gasteiger partial charge is 0.129 e. The van der Waals surface area contributed by atoms with Gasteiger partial charge in [-0.15, -0.1) is 0 Å². The Morgan fingerprint density at radius 3 is 2.59 bits per heavy atom. The largest absolute Gasteiger partial charge is 0.372 e. The fourth-order valence-corrected chi connectivity index (χ4v) is 4.06. The van der Waals surface area contributed by atoms with Crippen molar-refractivity contribution in [3.8, 4) is 22.4 Å². The molecule has 1 aliphatic rings. The molecule has 0 N–H and O–H groups in total. The second kappa shape index (κ2) is 7.00. The van der Waals surface area contributed by atoms with Gasteiger partial charge in [-0.05, 0) is 43.7 Å². The first-order chi connectivity index (χ1) is 14.1. The van der Waals surface area contributed by atoms with Crippen LogP contribution in [0.3, 0.4) is 0 Å². The van der Waals surface area contributed by atoms with Crippen LogP contribution in [0.25, 0.3) is 27.9 Å². The van der Waals surface area contributed by atoms with Crippen molar-refractivity contribution in [2.45, 2.75) is 26.1 Å². The van der Waals surface area contributed by atoms with E-state index in [-0.39, 0.29) is 12.2 Å². The van der Waals surface area contributed by atoms with Gasteiger partial charge in [-0.1, -0.05) is 0 Å². The van der Waals surface area contributed by atoms with Crippen molar-refractivity contribution in [2.24, 2.45) is 7.05 Å². The van der Waals surface area contributed by atoms with Gasteiger partial charge in [-0.25, -0.2) is 9.97 Å². The third-order valence-electron chi connectivity index (χ3n) is 5.34. The topological polar surface area (TPSA) is 60.5 Å². The Hall–Kier alpha value is -3.19. The molecular weight excluding hydrogens is 364 g/mol. The van der Waals surface area contributed by atoms with Crippen molar-refractivity contribution < 1.29 is 4.74 Å². The fraction of sp³-hybridized carbons (Fsp3) is 0.318. The quantitative estimate of drug-likeness (QED) is 0.538. The van der Waals surface area contributed by atoms with Crippen LogP contribution in [0.2, 0.25) is 0 Å². The lowest BCUT2D eigenvalue weighted by molar-refractivity contribution is -0.00545. The van der Waals surface area contributed by atoms with Gasteiger partial charge in [0.1, 0.15) is 5.82 Å². The molecule has 0 aliphatic carbocycles. The Balaban J connectivity index is 1.54. The number of nitrogens with zero attached hydrogens (tertiary/aromatic N) is 6. The van der Waals surface area contributed by atoms with Gasteiger partial charge >= 0.3 is 0 Å². The summed E-state index contributed by atoms with van der Waals surface area (Å²) >= 11 is 0. The number of rotatable bonds is 3. The molecule has 7 nitrogen and oxygen atoms in total. The maximum atomic E-state index is 5.86. The lowest BCUT2D eigenvalue weighted by Crippen LogP contribution is -2.45. The Morgan fingerprint density at radius 2 is 1.83 bits per heavy atom. The third-order valence-corrected chi connectivity index (χ3v) is 5.34. The van der Waals surface area contributed by atoms with Crippen molar-refractivity contribution in [2.75, 3.05) is 18.0 Å². The zero-order valence-corrected chi connectivity index (χ0v) is 16.9. The lowest BCUT2D eigenvalue weighted by atomic mass is 10.1. The molecule has 1 fully saturated rings. The van der Waals surface area contributed by atoms with E-state index in [1.165, 1.54) is 0 Å². The zero-order valence-electron chi connectivity index (χ0n) is 16.9. The summed E-state index contributed by atoms with van der Waals surface area (Å²) in [6.45, 7) is 5.90. The highest BCUT2D eigenvalue weighted by atomic mass is 16.5. The minimum Gasteiger partial charge on any atom is -0.372 e. The Labute approximate surface area is 169 Å². The summed E-state index contributed by atoms with van der Waals surface area (Å²) in [5.41, 5.74) is 5.29. The van der Waals surface area contributed by atoms with E-state index in [1.807, 2.05) is 53.3 Å². The molecule has 0 saturated carbocycles. The molecule has 0 bridgehead atoms. The van der Waals surface area contributed by atoms with Crippen LogP contribution in [0, 0.1) is 0 Å². The van der Waals surface area contributed by atoms with Crippen LogP contribution in [-0.4, -0.2) is 49.4 Å². The first kappa shape index (κ1) is 17.9. The number of pyridine rings is 2. The highest BCUT2D eigenvalue weighted by Crippen LogP contribution is 2.29. The summed E-state index contributed by atoms with van der Waals surface area (Å²) in [5, 5.41) is 4.29. The van der Waals surface area contributed by atoms with Gasteiger partial charge in [0, 0.05) is 49.9 Å². The number of ether oxygens (including phenoxy) is 1. The first-order valence-electron chi connectivity index (χ1n) is 9.89. The molecule has 29 heavy (non-hydrogen) atoms. The van der Waals surface area contributed by atoms with Crippen molar-refractivity contribution in [1.82, 2.24) is 24.1 Å². The number of aromatic nitrogens is 5. The summed E-state index contributed by atoms with van der Waals surface area (Å²) in [7, 11) is 1.93. The number of anilines is 1. The predicted octanol–water partition coefficient (Wildman–Crippen LogP) is 3.41. The normalized spacial score (nSPS) is 19.8. The fourth-order valence-electron chi connectivity index (χ4n) is 4.06. The van der Waals surface area contributed by atoms with E-state index in [0.29, 0.717) is 0 Å². The number of hydrogen-bond acceptors (Lipinski definition) is 5. The molecule has 0 spiro atoms. The van der Waals surface area contributed by atoms with E-state index in [0.717, 1.165) is 46.8 Å². The predicted molar refractivity (Wildman–Crippen MR) is 113 cm³/mol. The second-order valence-electron chi connectivity index (χ2n) is 7.77. The molecule has 1 saturated heterocycles. The molecular formula is C22H24N6O. The Morgan fingerprint density at radius 1 is 1.00 bits per heavy atom. The molecule has 4 aromatic rings. The van der Waals surface area contributed by atoms with Crippen molar-refractivity contribution in [3.63, 3.8) is 0 Å². The van der Waals surface area contributed by atoms with E-state index >= 15 is 0 Å². The molecule has 1 aliphatic heterocycles. The van der Waals surface area contributed by atoms with E-state index in [2.05, 4.69) is 47.0 Å². The van der Waals surface area contributed by atoms with Crippen LogP contribution < -0.4 is 4.90 Å². The number of aryl methyl sites for hydroxylation is 1. The van der Waals surface area contributed by atoms with Gasteiger partial charge in [0.2, 0.25) is 0 Å². The van der Waals surface area contributed by atoms with E-state index in [9.17, 15) is 0 Å². The van der Waals surface area contributed by atoms with E-state index in [1.54, 1.807) is 0 Å². The molecule has 0 aromatic carbocycles. The summed E-state index contributed by atoms with van der Waals surface area (Å²) < 4.78 is 9.73. The minimum atomic E-state index is 0.194. The highest BCUT2D eigenvalue weighted by molar-refractivity contribution is 5.81. The molecule has 7 heteroatoms. The van der Waals surface area contributed by atoms with Crippen molar-refractivity contribution in [3.05, 3.63) is 55.4 Å². The molecule has 5 rings (SSSR count). The number of hydrogen-bond donors (Lipinski definition) is 0. The minimum absolute atomic E-state index is 0.194. The SMILES string of the molecule is C[C@@H]1CN(c2cc(-c3ncn4ccc(-c5cnn(C)c5)cc34)ccn2)C[C@H](C)O1. The van der Waals surface area contributed by atoms with Gasteiger partial charge in [0.25, 0.3) is 0 Å². The first-order valence-corrected chi connectivity index (χ1v) is 9.89. The molecule has 2 atom stereocenters. The molecule has 0 amide bonds. The third kappa shape index (κ3) is 3.38. The lowest BCUT2D eigenvalue weighted by Gasteiger charge is -2.36. The molecule has 148 valence electrons. The van der Waals surface area contributed by atoms with Gasteiger partial charge in [-0.3, -0.25) is 4.68 Å². The van der Waals surface area contributed by atoms with Gasteiger partial charge in [-0.2, -0.15) is 5.10 Å². The van der Waals surface area contributed by atoms with E-state index in [4.69, 9.17) is 9.72 Å². The highest BCUT2D eigenvalue weighted by Gasteiger charge is 2.23. The zero-order chi connectivity index (χ0) is 20.0. The average molecular weight is 388 g/mol. The van der Waals surface area contributed by atoms with Crippen LogP contribution in [0.5, 0.6) is 0 Å². The van der Waals surface area contributed by atoms with Crippen molar-refractivity contribution in [1.29, 1.82) is 0 Å². The molecule has 5 heterocycles. The van der Waals surface area contributed by atoms with Crippen molar-refractivity contribution >= 4 is 11.3 Å². The summed E-state index contributed by atoms with van der Waals surface area (Å²) in [5.74, 6) is 0.967. The average Bonchev–Trinajstić information content (AvgIpc) is 3.33. The summed E-state index contributed by atoms with van der Waals surface area (Å²) in [4.78, 5) is 11.6. The molecule has 0 radical (unpaired) electrons. The maximum absolute atomic E-state index is 5.86. The summed E-state index contributed by atoms with van der Waals surface area (Å²) in [6.07, 6.45) is 10.1. The monoisotopic (exact) mass is 388 g/mol. The standard InChI is InChI=1S/C22H24N6O/c1-15-11-28(12-16(2)29-15)21-9-18(4-6-23-21)22-20-8-17(5-7-27(20)14-24-22)19-10-25-26(3)13-19/h4-10,13-16H,11-12H2,1-3H3/t15-,16+. The van der Waals surface area contributed by atoms with Crippen LogP contribution in [0.15, 0.2) is 55.4 Å². The summed E-state index contributed by atoms with van der Waals surface area (Å²) in [6, 6.07) is 8.40. The molecule has 0 unspecified atom stereocenters. The number of morpholine rings is 1. The van der Waals surface area contributed by atoms with E-state index < -0.39 is 0 Å². The molecule has 4 aromatic heterocycles. The van der Waals surface area contributed by atoms with Crippen LogP contribution in [0.1, 0.15) is 13.8 Å². The van der Waals surface area contributed by atoms with Crippen LogP contribution in [0.4, 0.5) is 5.82 Å². The van der Waals surface area contributed by atoms with Gasteiger partial charge < -0.3 is 14.0 Å². The van der Waals surface area contributed by atoms with Gasteiger partial charge in [0.15, 0.2) is 0 Å². The van der Waals surface area contributed by atoms with Crippen LogP contribution >= 0.6 is 0 Å². The van der Waals surface area contributed by atoms with Crippen LogP contribution in [-0.2, 0) is 11.8 Å². The Bertz CT molecular complexity index is 1150. The maximum Gasteiger partial charge on any atom is 0.129 e. The number of imidazole rings is 1. The van der Waals surface area contributed by atoms with Gasteiger partial charge in [0.05, 0.1) is 35.9 Å².